The highest BCUT2D eigenvalue weighted by Gasteiger charge is 2.01. The summed E-state index contributed by atoms with van der Waals surface area (Å²) < 4.78 is 18.5. The molecule has 2 aromatic carbocycles. The fraction of sp³-hybridized carbons (Fsp3) is 0.0556. The van der Waals surface area contributed by atoms with E-state index in [1.165, 1.54) is 12.1 Å². The van der Waals surface area contributed by atoms with Gasteiger partial charge in [0.05, 0.1) is 5.69 Å². The predicted molar refractivity (Wildman–Crippen MR) is 88.9 cm³/mol. The summed E-state index contributed by atoms with van der Waals surface area (Å²) in [6, 6.07) is 17.3. The Bertz CT molecular complexity index is 773. The number of nitrogens with two attached hydrogens (primary N) is 1. The van der Waals surface area contributed by atoms with Crippen LogP contribution in [-0.4, -0.2) is 4.98 Å². The van der Waals surface area contributed by atoms with Gasteiger partial charge in [0.25, 0.3) is 0 Å². The smallest absolute Gasteiger partial charge is 0.146 e. The first-order valence-corrected chi connectivity index (χ1v) is 7.17. The molecule has 3 aromatic rings. The number of aromatic nitrogens is 1. The number of anilines is 2. The number of ether oxygens (including phenoxy) is 1. The minimum absolute atomic E-state index is 0.284. The molecule has 0 amide bonds. The van der Waals surface area contributed by atoms with Crippen LogP contribution in [0.2, 0.25) is 0 Å². The minimum atomic E-state index is -0.284. The normalized spacial score (nSPS) is 10.3. The van der Waals surface area contributed by atoms with E-state index in [9.17, 15) is 4.39 Å². The maximum Gasteiger partial charge on any atom is 0.146 e. The molecule has 0 spiro atoms. The molecular formula is C18H16FN3O. The Balaban J connectivity index is 1.61. The number of pyridine rings is 1. The molecule has 23 heavy (non-hydrogen) atoms. The highest BCUT2D eigenvalue weighted by molar-refractivity contribution is 5.61. The van der Waals surface area contributed by atoms with E-state index in [0.717, 1.165) is 11.3 Å². The van der Waals surface area contributed by atoms with E-state index in [2.05, 4.69) is 10.3 Å². The van der Waals surface area contributed by atoms with Crippen molar-refractivity contribution in [2.45, 2.75) is 6.54 Å². The Hall–Kier alpha value is -3.08. The second-order valence-electron chi connectivity index (χ2n) is 4.99. The molecule has 4 nitrogen and oxygen atoms in total. The number of nitrogens with one attached hydrogen (secondary N) is 1. The molecule has 0 radical (unpaired) electrons. The fourth-order valence-electron chi connectivity index (χ4n) is 2.08. The average Bonchev–Trinajstić information content (AvgIpc) is 2.58. The van der Waals surface area contributed by atoms with Gasteiger partial charge in [-0.2, -0.15) is 0 Å². The van der Waals surface area contributed by atoms with Crippen molar-refractivity contribution in [2.24, 2.45) is 0 Å². The van der Waals surface area contributed by atoms with Crippen LogP contribution in [0.1, 0.15) is 5.56 Å². The number of halogens is 1. The summed E-state index contributed by atoms with van der Waals surface area (Å²) in [4.78, 5) is 4.03. The molecule has 0 bridgehead atoms. The molecule has 0 saturated heterocycles. The molecule has 0 aliphatic heterocycles. The van der Waals surface area contributed by atoms with Crippen LogP contribution in [0.25, 0.3) is 0 Å². The van der Waals surface area contributed by atoms with Crippen LogP contribution in [0.5, 0.6) is 11.5 Å². The summed E-state index contributed by atoms with van der Waals surface area (Å²) in [6.45, 7) is 0.632. The first-order valence-electron chi connectivity index (χ1n) is 7.17. The van der Waals surface area contributed by atoms with E-state index in [1.54, 1.807) is 18.3 Å². The van der Waals surface area contributed by atoms with Gasteiger partial charge in [-0.15, -0.1) is 0 Å². The van der Waals surface area contributed by atoms with Crippen molar-refractivity contribution in [1.29, 1.82) is 0 Å². The Labute approximate surface area is 133 Å². The van der Waals surface area contributed by atoms with Crippen LogP contribution in [0.3, 0.4) is 0 Å². The van der Waals surface area contributed by atoms with Crippen LogP contribution < -0.4 is 15.8 Å². The maximum absolute atomic E-state index is 12.9. The summed E-state index contributed by atoms with van der Waals surface area (Å²) >= 11 is 0. The second-order valence-corrected chi connectivity index (χ2v) is 4.99. The molecule has 116 valence electrons. The molecular weight excluding hydrogens is 293 g/mol. The van der Waals surface area contributed by atoms with Gasteiger partial charge in [-0.05, 0) is 54.1 Å². The van der Waals surface area contributed by atoms with Crippen LogP contribution in [0, 0.1) is 5.82 Å². The summed E-state index contributed by atoms with van der Waals surface area (Å²) in [5, 5.41) is 3.23. The first-order chi connectivity index (χ1) is 11.2. The quantitative estimate of drug-likeness (QED) is 0.741. The van der Waals surface area contributed by atoms with Crippen LogP contribution in [-0.2, 0) is 6.54 Å². The van der Waals surface area contributed by atoms with Crippen molar-refractivity contribution >= 4 is 11.5 Å². The molecule has 5 heteroatoms. The third kappa shape index (κ3) is 3.97. The van der Waals surface area contributed by atoms with Crippen molar-refractivity contribution in [3.05, 3.63) is 78.2 Å². The molecule has 0 saturated carbocycles. The van der Waals surface area contributed by atoms with Crippen LogP contribution in [0.15, 0.2) is 66.9 Å². The number of rotatable bonds is 5. The zero-order valence-corrected chi connectivity index (χ0v) is 12.4. The average molecular weight is 309 g/mol. The summed E-state index contributed by atoms with van der Waals surface area (Å²) in [5.74, 6) is 1.49. The van der Waals surface area contributed by atoms with Crippen molar-refractivity contribution < 1.29 is 9.13 Å². The number of hydrogen-bond acceptors (Lipinski definition) is 4. The Kier molecular flexibility index (Phi) is 4.38. The van der Waals surface area contributed by atoms with Gasteiger partial charge in [0.15, 0.2) is 0 Å². The third-order valence-corrected chi connectivity index (χ3v) is 3.29. The van der Waals surface area contributed by atoms with Gasteiger partial charge in [0, 0.05) is 12.7 Å². The first kappa shape index (κ1) is 14.8. The fourth-order valence-corrected chi connectivity index (χ4v) is 2.08. The minimum Gasteiger partial charge on any atom is -0.457 e. The van der Waals surface area contributed by atoms with Crippen LogP contribution >= 0.6 is 0 Å². The Morgan fingerprint density at radius 2 is 1.61 bits per heavy atom. The highest BCUT2D eigenvalue weighted by Crippen LogP contribution is 2.22. The van der Waals surface area contributed by atoms with E-state index in [4.69, 9.17) is 10.5 Å². The zero-order chi connectivity index (χ0) is 16.1. The summed E-state index contributed by atoms with van der Waals surface area (Å²) in [6.07, 6.45) is 1.65. The number of hydrogen-bond donors (Lipinski definition) is 2. The van der Waals surface area contributed by atoms with Gasteiger partial charge in [-0.1, -0.05) is 12.1 Å². The van der Waals surface area contributed by atoms with Crippen molar-refractivity contribution in [3.63, 3.8) is 0 Å². The molecule has 1 heterocycles. The van der Waals surface area contributed by atoms with Crippen molar-refractivity contribution in [1.82, 2.24) is 4.98 Å². The summed E-state index contributed by atoms with van der Waals surface area (Å²) in [5.41, 5.74) is 7.67. The molecule has 0 atom stereocenters. The topological polar surface area (TPSA) is 60.2 Å². The maximum atomic E-state index is 12.9. The van der Waals surface area contributed by atoms with Crippen molar-refractivity contribution in [2.75, 3.05) is 11.1 Å². The predicted octanol–water partition coefficient (Wildman–Crippen LogP) is 4.21. The lowest BCUT2D eigenvalue weighted by atomic mass is 10.2. The molecule has 0 aliphatic carbocycles. The van der Waals surface area contributed by atoms with E-state index >= 15 is 0 Å². The van der Waals surface area contributed by atoms with E-state index < -0.39 is 0 Å². The molecule has 0 aliphatic rings. The highest BCUT2D eigenvalue weighted by atomic mass is 19.1. The summed E-state index contributed by atoms with van der Waals surface area (Å²) in [7, 11) is 0. The molecule has 3 rings (SSSR count). The van der Waals surface area contributed by atoms with Gasteiger partial charge in [-0.3, -0.25) is 0 Å². The lowest BCUT2D eigenvalue weighted by Gasteiger charge is -2.09. The van der Waals surface area contributed by atoms with Crippen molar-refractivity contribution in [3.8, 4) is 11.5 Å². The Morgan fingerprint density at radius 1 is 0.957 bits per heavy atom. The van der Waals surface area contributed by atoms with E-state index in [1.807, 2.05) is 36.4 Å². The largest absolute Gasteiger partial charge is 0.457 e. The number of benzene rings is 2. The van der Waals surface area contributed by atoms with Gasteiger partial charge < -0.3 is 15.8 Å². The zero-order valence-electron chi connectivity index (χ0n) is 12.4. The molecule has 3 N–H and O–H groups in total. The lowest BCUT2D eigenvalue weighted by Crippen LogP contribution is -2.03. The Morgan fingerprint density at radius 3 is 2.26 bits per heavy atom. The van der Waals surface area contributed by atoms with Gasteiger partial charge in [0.2, 0.25) is 0 Å². The van der Waals surface area contributed by atoms with Gasteiger partial charge in [0.1, 0.15) is 23.1 Å². The second kappa shape index (κ2) is 6.79. The lowest BCUT2D eigenvalue weighted by molar-refractivity contribution is 0.480. The van der Waals surface area contributed by atoms with Crippen LogP contribution in [0.4, 0.5) is 15.9 Å². The number of nitrogens with zero attached hydrogens (tertiary/aromatic N) is 1. The van der Waals surface area contributed by atoms with Gasteiger partial charge >= 0.3 is 0 Å². The molecule has 0 unspecified atom stereocenters. The molecule has 0 fully saturated rings. The van der Waals surface area contributed by atoms with E-state index in [-0.39, 0.29) is 5.82 Å². The van der Waals surface area contributed by atoms with Gasteiger partial charge in [-0.25, -0.2) is 9.37 Å². The number of nitrogen functional groups attached to an aromatic ring is 1. The monoisotopic (exact) mass is 309 g/mol. The third-order valence-electron chi connectivity index (χ3n) is 3.29. The van der Waals surface area contributed by atoms with E-state index in [0.29, 0.717) is 23.9 Å². The standard InChI is InChI=1S/C18H16FN3O/c19-14-5-9-16(10-6-14)23-15-7-3-13(4-8-15)12-22-17-2-1-11-21-18(17)20/h1-11,22H,12H2,(H2,20,21). The SMILES string of the molecule is Nc1ncccc1NCc1ccc(Oc2ccc(F)cc2)cc1. The molecule has 1 aromatic heterocycles.